The largest absolute Gasteiger partial charge is 0.341 e. The fourth-order valence-corrected chi connectivity index (χ4v) is 2.98. The minimum absolute atomic E-state index is 0.814. The Bertz CT molecular complexity index is 522. The minimum atomic E-state index is 0.814. The second-order valence-corrected chi connectivity index (χ2v) is 5.57. The summed E-state index contributed by atoms with van der Waals surface area (Å²) in [5.41, 5.74) is 2.98. The summed E-state index contributed by atoms with van der Waals surface area (Å²) in [6.07, 6.45) is 9.43. The van der Waals surface area contributed by atoms with Crippen molar-refractivity contribution >= 4 is 11.2 Å². The van der Waals surface area contributed by atoms with Crippen molar-refractivity contribution in [3.8, 4) is 0 Å². The summed E-state index contributed by atoms with van der Waals surface area (Å²) in [6.45, 7) is 2.01. The van der Waals surface area contributed by atoms with Crippen molar-refractivity contribution in [1.82, 2.24) is 15.0 Å². The van der Waals surface area contributed by atoms with Gasteiger partial charge < -0.3 is 4.98 Å². The molecule has 2 aromatic rings. The van der Waals surface area contributed by atoms with Crippen LogP contribution in [0.25, 0.3) is 11.2 Å². The predicted molar refractivity (Wildman–Crippen MR) is 73.5 cm³/mol. The standard InChI is InChI=1S/C15H21N3/c1-11-8-9-13-15(16-11)18-14(17-13)10-12-6-4-2-3-5-7-12/h8-9,12H,2-7,10H2,1H3,(H,16,17,18). The molecular formula is C15H21N3. The van der Waals surface area contributed by atoms with Gasteiger partial charge in [0.25, 0.3) is 0 Å². The number of imidazole rings is 1. The van der Waals surface area contributed by atoms with Crippen molar-refractivity contribution in [3.63, 3.8) is 0 Å². The summed E-state index contributed by atoms with van der Waals surface area (Å²) in [5, 5.41) is 0. The van der Waals surface area contributed by atoms with E-state index < -0.39 is 0 Å². The molecular weight excluding hydrogens is 222 g/mol. The number of aryl methyl sites for hydroxylation is 1. The molecule has 1 aliphatic carbocycles. The first-order valence-electron chi connectivity index (χ1n) is 7.13. The lowest BCUT2D eigenvalue weighted by Gasteiger charge is -2.11. The Morgan fingerprint density at radius 2 is 1.89 bits per heavy atom. The van der Waals surface area contributed by atoms with Crippen molar-refractivity contribution < 1.29 is 0 Å². The van der Waals surface area contributed by atoms with Gasteiger partial charge in [-0.2, -0.15) is 0 Å². The molecule has 96 valence electrons. The Kier molecular flexibility index (Phi) is 3.31. The van der Waals surface area contributed by atoms with Crippen LogP contribution in [0.5, 0.6) is 0 Å². The Morgan fingerprint density at radius 1 is 1.11 bits per heavy atom. The second kappa shape index (κ2) is 5.09. The van der Waals surface area contributed by atoms with E-state index in [4.69, 9.17) is 0 Å². The van der Waals surface area contributed by atoms with Crippen LogP contribution in [0, 0.1) is 12.8 Å². The van der Waals surface area contributed by atoms with E-state index in [1.807, 2.05) is 13.0 Å². The van der Waals surface area contributed by atoms with E-state index in [1.54, 1.807) is 0 Å². The van der Waals surface area contributed by atoms with Crippen molar-refractivity contribution in [2.45, 2.75) is 51.9 Å². The molecule has 0 saturated heterocycles. The van der Waals surface area contributed by atoms with E-state index in [0.717, 1.165) is 35.0 Å². The molecule has 0 spiro atoms. The van der Waals surface area contributed by atoms with Crippen molar-refractivity contribution in [3.05, 3.63) is 23.7 Å². The van der Waals surface area contributed by atoms with Crippen LogP contribution in [0.1, 0.15) is 50.0 Å². The number of H-pyrrole nitrogens is 1. The van der Waals surface area contributed by atoms with Crippen molar-refractivity contribution in [2.24, 2.45) is 5.92 Å². The molecule has 3 nitrogen and oxygen atoms in total. The molecule has 0 amide bonds. The lowest BCUT2D eigenvalue weighted by atomic mass is 9.96. The van der Waals surface area contributed by atoms with Crippen LogP contribution >= 0.6 is 0 Å². The molecule has 1 saturated carbocycles. The van der Waals surface area contributed by atoms with Crippen LogP contribution in [0.3, 0.4) is 0 Å². The lowest BCUT2D eigenvalue weighted by Crippen LogP contribution is -2.04. The monoisotopic (exact) mass is 243 g/mol. The van der Waals surface area contributed by atoms with E-state index in [2.05, 4.69) is 21.0 Å². The molecule has 18 heavy (non-hydrogen) atoms. The van der Waals surface area contributed by atoms with E-state index in [9.17, 15) is 0 Å². The normalized spacial score (nSPS) is 18.1. The van der Waals surface area contributed by atoms with Gasteiger partial charge in [0, 0.05) is 12.1 Å². The summed E-state index contributed by atoms with van der Waals surface area (Å²) >= 11 is 0. The highest BCUT2D eigenvalue weighted by Crippen LogP contribution is 2.25. The molecule has 1 N–H and O–H groups in total. The molecule has 3 rings (SSSR count). The SMILES string of the molecule is Cc1ccc2[nH]c(CC3CCCCCC3)nc2n1. The average Bonchev–Trinajstić information content (AvgIpc) is 2.57. The lowest BCUT2D eigenvalue weighted by molar-refractivity contribution is 0.450. The Balaban J connectivity index is 1.77. The molecule has 2 aromatic heterocycles. The van der Waals surface area contributed by atoms with Crippen molar-refractivity contribution in [1.29, 1.82) is 0 Å². The van der Waals surface area contributed by atoms with Gasteiger partial charge >= 0.3 is 0 Å². The molecule has 0 aromatic carbocycles. The number of nitrogens with zero attached hydrogens (tertiary/aromatic N) is 2. The zero-order valence-electron chi connectivity index (χ0n) is 11.1. The Hall–Kier alpha value is -1.38. The summed E-state index contributed by atoms with van der Waals surface area (Å²) in [5.74, 6) is 1.93. The highest BCUT2D eigenvalue weighted by molar-refractivity contribution is 5.70. The van der Waals surface area contributed by atoms with Gasteiger partial charge in [-0.15, -0.1) is 0 Å². The van der Waals surface area contributed by atoms with Crippen LogP contribution in [0.15, 0.2) is 12.1 Å². The van der Waals surface area contributed by atoms with Gasteiger partial charge in [-0.1, -0.05) is 38.5 Å². The maximum Gasteiger partial charge on any atom is 0.177 e. The number of hydrogen-bond acceptors (Lipinski definition) is 2. The molecule has 2 heterocycles. The van der Waals surface area contributed by atoms with Gasteiger partial charge in [0.2, 0.25) is 0 Å². The molecule has 0 atom stereocenters. The maximum atomic E-state index is 4.63. The zero-order chi connectivity index (χ0) is 12.4. The second-order valence-electron chi connectivity index (χ2n) is 5.57. The minimum Gasteiger partial charge on any atom is -0.341 e. The van der Waals surface area contributed by atoms with E-state index >= 15 is 0 Å². The summed E-state index contributed by atoms with van der Waals surface area (Å²) < 4.78 is 0. The molecule has 0 unspecified atom stereocenters. The highest BCUT2D eigenvalue weighted by Gasteiger charge is 2.15. The van der Waals surface area contributed by atoms with E-state index in [1.165, 1.54) is 38.5 Å². The molecule has 1 fully saturated rings. The summed E-state index contributed by atoms with van der Waals surface area (Å²) in [4.78, 5) is 12.5. The summed E-state index contributed by atoms with van der Waals surface area (Å²) in [6, 6.07) is 4.12. The molecule has 3 heteroatoms. The topological polar surface area (TPSA) is 41.6 Å². The van der Waals surface area contributed by atoms with Gasteiger partial charge in [0.15, 0.2) is 5.65 Å². The first kappa shape index (κ1) is 11.7. The van der Waals surface area contributed by atoms with Gasteiger partial charge in [0.05, 0.1) is 5.52 Å². The first-order chi connectivity index (χ1) is 8.81. The Morgan fingerprint density at radius 3 is 2.67 bits per heavy atom. The third-order valence-corrected chi connectivity index (χ3v) is 3.99. The number of nitrogens with one attached hydrogen (secondary N) is 1. The predicted octanol–water partition coefficient (Wildman–Crippen LogP) is 3.78. The van der Waals surface area contributed by atoms with Gasteiger partial charge in [0.1, 0.15) is 5.82 Å². The number of aromatic nitrogens is 3. The molecule has 1 aliphatic rings. The fourth-order valence-electron chi connectivity index (χ4n) is 2.98. The van der Waals surface area contributed by atoms with Crippen molar-refractivity contribution in [2.75, 3.05) is 0 Å². The van der Waals surface area contributed by atoms with Crippen LogP contribution in [-0.4, -0.2) is 15.0 Å². The van der Waals surface area contributed by atoms with Crippen LogP contribution in [0.2, 0.25) is 0 Å². The maximum absolute atomic E-state index is 4.63. The van der Waals surface area contributed by atoms with Gasteiger partial charge in [-0.3, -0.25) is 0 Å². The zero-order valence-corrected chi connectivity index (χ0v) is 11.1. The van der Waals surface area contributed by atoms with Gasteiger partial charge in [-0.25, -0.2) is 9.97 Å². The first-order valence-corrected chi connectivity index (χ1v) is 7.13. The average molecular weight is 243 g/mol. The number of pyridine rings is 1. The third-order valence-electron chi connectivity index (χ3n) is 3.99. The smallest absolute Gasteiger partial charge is 0.177 e. The van der Waals surface area contributed by atoms with Crippen LogP contribution < -0.4 is 0 Å². The highest BCUT2D eigenvalue weighted by atomic mass is 15.0. The quantitative estimate of drug-likeness (QED) is 0.815. The molecule has 0 bridgehead atoms. The van der Waals surface area contributed by atoms with Gasteiger partial charge in [-0.05, 0) is 25.0 Å². The number of hydrogen-bond donors (Lipinski definition) is 1. The van der Waals surface area contributed by atoms with E-state index in [-0.39, 0.29) is 0 Å². The van der Waals surface area contributed by atoms with Crippen LogP contribution in [0.4, 0.5) is 0 Å². The third kappa shape index (κ3) is 2.55. The van der Waals surface area contributed by atoms with E-state index in [0.29, 0.717) is 0 Å². The summed E-state index contributed by atoms with van der Waals surface area (Å²) in [7, 11) is 0. The number of rotatable bonds is 2. The number of fused-ring (bicyclic) bond motifs is 1. The molecule has 0 aliphatic heterocycles. The fraction of sp³-hybridized carbons (Fsp3) is 0.600. The number of aromatic amines is 1. The van der Waals surface area contributed by atoms with Crippen LogP contribution in [-0.2, 0) is 6.42 Å². The molecule has 0 radical (unpaired) electrons. The Labute approximate surface area is 108 Å².